The second kappa shape index (κ2) is 5.83. The fourth-order valence-electron chi connectivity index (χ4n) is 3.55. The standard InChI is InChI=1S/C17H23F2N3O/c1-22(2)16(7-12-5-3-4-6-13(12)8-16)10-21-15(23)14-9-17(18,19)11-20-14/h3-6,14,20H,7-11H2,1-2H3,(H,21,23). The van der Waals surface area contributed by atoms with Crippen molar-refractivity contribution in [2.75, 3.05) is 27.2 Å². The fourth-order valence-corrected chi connectivity index (χ4v) is 3.55. The summed E-state index contributed by atoms with van der Waals surface area (Å²) in [4.78, 5) is 14.3. The van der Waals surface area contributed by atoms with Gasteiger partial charge in [0.2, 0.25) is 5.91 Å². The summed E-state index contributed by atoms with van der Waals surface area (Å²) in [5.41, 5.74) is 2.39. The Bertz CT molecular complexity index is 578. The van der Waals surface area contributed by atoms with E-state index in [1.807, 2.05) is 26.2 Å². The van der Waals surface area contributed by atoms with Crippen LogP contribution in [0.3, 0.4) is 0 Å². The number of halogens is 2. The molecule has 1 aromatic rings. The fraction of sp³-hybridized carbons (Fsp3) is 0.588. The highest BCUT2D eigenvalue weighted by molar-refractivity contribution is 5.82. The highest BCUT2D eigenvalue weighted by Gasteiger charge is 2.44. The molecule has 0 bridgehead atoms. The summed E-state index contributed by atoms with van der Waals surface area (Å²) >= 11 is 0. The number of hydrogen-bond donors (Lipinski definition) is 2. The van der Waals surface area contributed by atoms with Crippen LogP contribution in [0.4, 0.5) is 8.78 Å². The van der Waals surface area contributed by atoms with Crippen molar-refractivity contribution in [3.63, 3.8) is 0 Å². The Morgan fingerprint density at radius 3 is 2.39 bits per heavy atom. The molecule has 0 radical (unpaired) electrons. The molecular weight excluding hydrogens is 300 g/mol. The molecule has 1 aliphatic heterocycles. The number of alkyl halides is 2. The molecule has 2 N–H and O–H groups in total. The second-order valence-corrected chi connectivity index (χ2v) is 6.95. The number of benzene rings is 1. The monoisotopic (exact) mass is 323 g/mol. The first-order chi connectivity index (χ1) is 10.8. The number of rotatable bonds is 4. The lowest BCUT2D eigenvalue weighted by Gasteiger charge is -2.36. The molecule has 3 rings (SSSR count). The van der Waals surface area contributed by atoms with Crippen LogP contribution in [-0.4, -0.2) is 55.5 Å². The molecule has 1 fully saturated rings. The summed E-state index contributed by atoms with van der Waals surface area (Å²) in [5.74, 6) is -3.12. The summed E-state index contributed by atoms with van der Waals surface area (Å²) < 4.78 is 26.5. The van der Waals surface area contributed by atoms with Crippen molar-refractivity contribution in [2.45, 2.75) is 36.8 Å². The van der Waals surface area contributed by atoms with Gasteiger partial charge in [-0.3, -0.25) is 10.1 Å². The minimum absolute atomic E-state index is 0.194. The van der Waals surface area contributed by atoms with Gasteiger partial charge in [0.25, 0.3) is 5.92 Å². The molecule has 1 aliphatic carbocycles. The lowest BCUT2D eigenvalue weighted by atomic mass is 9.94. The van der Waals surface area contributed by atoms with Crippen molar-refractivity contribution in [3.05, 3.63) is 35.4 Å². The van der Waals surface area contributed by atoms with Gasteiger partial charge in [-0.2, -0.15) is 0 Å². The van der Waals surface area contributed by atoms with Crippen molar-refractivity contribution >= 4 is 5.91 Å². The number of nitrogens with zero attached hydrogens (tertiary/aromatic N) is 1. The van der Waals surface area contributed by atoms with E-state index in [1.165, 1.54) is 11.1 Å². The zero-order chi connectivity index (χ0) is 16.7. The Morgan fingerprint density at radius 2 is 1.91 bits per heavy atom. The van der Waals surface area contributed by atoms with Crippen LogP contribution in [0.15, 0.2) is 24.3 Å². The number of hydrogen-bond acceptors (Lipinski definition) is 3. The van der Waals surface area contributed by atoms with Gasteiger partial charge in [0.1, 0.15) is 0 Å². The van der Waals surface area contributed by atoms with Gasteiger partial charge >= 0.3 is 0 Å². The first kappa shape index (κ1) is 16.3. The van der Waals surface area contributed by atoms with Gasteiger partial charge < -0.3 is 10.2 Å². The average molecular weight is 323 g/mol. The molecule has 23 heavy (non-hydrogen) atoms. The molecule has 1 amide bonds. The van der Waals surface area contributed by atoms with Crippen molar-refractivity contribution in [3.8, 4) is 0 Å². The molecule has 1 aromatic carbocycles. The number of carbonyl (C=O) groups is 1. The molecule has 4 nitrogen and oxygen atoms in total. The maximum atomic E-state index is 13.2. The highest BCUT2D eigenvalue weighted by Crippen LogP contribution is 2.33. The average Bonchev–Trinajstić information content (AvgIpc) is 3.05. The number of amides is 1. The zero-order valence-electron chi connectivity index (χ0n) is 13.5. The molecule has 1 unspecified atom stereocenters. The molecule has 1 heterocycles. The largest absolute Gasteiger partial charge is 0.353 e. The van der Waals surface area contributed by atoms with Crippen molar-refractivity contribution in [1.29, 1.82) is 0 Å². The molecule has 2 aliphatic rings. The zero-order valence-corrected chi connectivity index (χ0v) is 13.5. The second-order valence-electron chi connectivity index (χ2n) is 6.95. The van der Waals surface area contributed by atoms with Crippen molar-refractivity contribution in [2.24, 2.45) is 0 Å². The van der Waals surface area contributed by atoms with Crippen LogP contribution in [-0.2, 0) is 17.6 Å². The van der Waals surface area contributed by atoms with E-state index in [0.29, 0.717) is 6.54 Å². The Hall–Kier alpha value is -1.53. The first-order valence-corrected chi connectivity index (χ1v) is 7.95. The van der Waals surface area contributed by atoms with Crippen LogP contribution in [0.1, 0.15) is 17.5 Å². The van der Waals surface area contributed by atoms with Gasteiger partial charge in [-0.15, -0.1) is 0 Å². The third-order valence-electron chi connectivity index (χ3n) is 5.12. The SMILES string of the molecule is CN(C)C1(CNC(=O)C2CC(F)(F)CN2)Cc2ccccc2C1. The Kier molecular flexibility index (Phi) is 4.14. The van der Waals surface area contributed by atoms with E-state index >= 15 is 0 Å². The number of carbonyl (C=O) groups excluding carboxylic acids is 1. The first-order valence-electron chi connectivity index (χ1n) is 7.95. The molecule has 0 saturated carbocycles. The molecule has 1 atom stereocenters. The molecule has 0 spiro atoms. The molecule has 0 aromatic heterocycles. The van der Waals surface area contributed by atoms with Gasteiger partial charge in [0, 0.05) is 18.5 Å². The van der Waals surface area contributed by atoms with Gasteiger partial charge in [-0.25, -0.2) is 8.78 Å². The third-order valence-corrected chi connectivity index (χ3v) is 5.12. The van der Waals surface area contributed by atoms with Crippen LogP contribution in [0.25, 0.3) is 0 Å². The smallest absolute Gasteiger partial charge is 0.262 e. The van der Waals surface area contributed by atoms with Crippen LogP contribution in [0, 0.1) is 0 Å². The Morgan fingerprint density at radius 1 is 1.30 bits per heavy atom. The Labute approximate surface area is 135 Å². The minimum atomic E-state index is -2.79. The van der Waals surface area contributed by atoms with E-state index in [4.69, 9.17) is 0 Å². The van der Waals surface area contributed by atoms with Crippen molar-refractivity contribution in [1.82, 2.24) is 15.5 Å². The van der Waals surface area contributed by atoms with E-state index in [0.717, 1.165) is 12.8 Å². The summed E-state index contributed by atoms with van der Waals surface area (Å²) in [7, 11) is 4.00. The predicted octanol–water partition coefficient (Wildman–Crippen LogP) is 1.20. The molecule has 6 heteroatoms. The normalized spacial score (nSPS) is 24.7. The Balaban J connectivity index is 1.65. The highest BCUT2D eigenvalue weighted by atomic mass is 19.3. The van der Waals surface area contributed by atoms with Gasteiger partial charge in [0.05, 0.1) is 12.6 Å². The van der Waals surface area contributed by atoms with Gasteiger partial charge in [-0.05, 0) is 38.1 Å². The van der Waals surface area contributed by atoms with E-state index in [2.05, 4.69) is 27.7 Å². The maximum absolute atomic E-state index is 13.2. The van der Waals surface area contributed by atoms with Crippen LogP contribution < -0.4 is 10.6 Å². The molecule has 126 valence electrons. The lowest BCUT2D eigenvalue weighted by molar-refractivity contribution is -0.124. The van der Waals surface area contributed by atoms with E-state index in [-0.39, 0.29) is 11.4 Å². The van der Waals surface area contributed by atoms with E-state index in [9.17, 15) is 13.6 Å². The molecule has 1 saturated heterocycles. The van der Waals surface area contributed by atoms with Gasteiger partial charge in [0.15, 0.2) is 0 Å². The quantitative estimate of drug-likeness (QED) is 0.875. The number of likely N-dealkylation sites (N-methyl/N-ethyl adjacent to an activating group) is 1. The summed E-state index contributed by atoms with van der Waals surface area (Å²) in [6.07, 6.45) is 1.28. The minimum Gasteiger partial charge on any atom is -0.353 e. The lowest BCUT2D eigenvalue weighted by Crippen LogP contribution is -2.55. The van der Waals surface area contributed by atoms with Crippen LogP contribution in [0.2, 0.25) is 0 Å². The van der Waals surface area contributed by atoms with E-state index < -0.39 is 24.9 Å². The predicted molar refractivity (Wildman–Crippen MR) is 84.6 cm³/mol. The maximum Gasteiger partial charge on any atom is 0.262 e. The summed E-state index contributed by atoms with van der Waals surface area (Å²) in [6, 6.07) is 7.47. The summed E-state index contributed by atoms with van der Waals surface area (Å²) in [5, 5.41) is 5.49. The molecular formula is C17H23F2N3O. The number of fused-ring (bicyclic) bond motifs is 1. The topological polar surface area (TPSA) is 44.4 Å². The van der Waals surface area contributed by atoms with Crippen LogP contribution >= 0.6 is 0 Å². The third kappa shape index (κ3) is 3.23. The van der Waals surface area contributed by atoms with Crippen molar-refractivity contribution < 1.29 is 13.6 Å². The van der Waals surface area contributed by atoms with E-state index in [1.54, 1.807) is 0 Å². The number of nitrogens with one attached hydrogen (secondary N) is 2. The van der Waals surface area contributed by atoms with Gasteiger partial charge in [-0.1, -0.05) is 24.3 Å². The van der Waals surface area contributed by atoms with Crippen LogP contribution in [0.5, 0.6) is 0 Å². The summed E-state index contributed by atoms with van der Waals surface area (Å²) in [6.45, 7) is 0.0343.